The average molecular weight is 230 g/mol. The van der Waals surface area contributed by atoms with Gasteiger partial charge in [-0.1, -0.05) is 6.07 Å². The number of ether oxygens (including phenoxy) is 1. The van der Waals surface area contributed by atoms with Crippen molar-refractivity contribution in [3.05, 3.63) is 29.8 Å². The van der Waals surface area contributed by atoms with E-state index in [2.05, 4.69) is 11.0 Å². The first-order chi connectivity index (χ1) is 8.38. The van der Waals surface area contributed by atoms with Crippen LogP contribution in [-0.2, 0) is 0 Å². The summed E-state index contributed by atoms with van der Waals surface area (Å²) in [5, 5.41) is 8.76. The van der Waals surface area contributed by atoms with Gasteiger partial charge in [0.15, 0.2) is 0 Å². The van der Waals surface area contributed by atoms with Crippen LogP contribution in [0.5, 0.6) is 5.75 Å². The van der Waals surface area contributed by atoms with Crippen LogP contribution in [0.4, 0.5) is 0 Å². The molecule has 0 unspecified atom stereocenters. The third-order valence-corrected chi connectivity index (χ3v) is 3.05. The molecule has 0 aromatic heterocycles. The molecule has 3 nitrogen and oxygen atoms in total. The van der Waals surface area contributed by atoms with E-state index >= 15 is 0 Å². The van der Waals surface area contributed by atoms with Gasteiger partial charge in [0, 0.05) is 6.54 Å². The Morgan fingerprint density at radius 2 is 2.12 bits per heavy atom. The van der Waals surface area contributed by atoms with Crippen molar-refractivity contribution in [3.63, 3.8) is 0 Å². The van der Waals surface area contributed by atoms with Crippen LogP contribution in [0.3, 0.4) is 0 Å². The van der Waals surface area contributed by atoms with Crippen LogP contribution in [0.25, 0.3) is 0 Å². The van der Waals surface area contributed by atoms with E-state index in [0.29, 0.717) is 5.56 Å². The minimum atomic E-state index is 0.655. The van der Waals surface area contributed by atoms with Crippen LogP contribution >= 0.6 is 0 Å². The molecular weight excluding hydrogens is 212 g/mol. The number of benzene rings is 1. The van der Waals surface area contributed by atoms with Crippen molar-refractivity contribution < 1.29 is 4.74 Å². The van der Waals surface area contributed by atoms with Gasteiger partial charge in [0.1, 0.15) is 5.75 Å². The quantitative estimate of drug-likeness (QED) is 0.729. The van der Waals surface area contributed by atoms with Gasteiger partial charge in [-0.15, -0.1) is 0 Å². The van der Waals surface area contributed by atoms with Crippen molar-refractivity contribution in [2.75, 3.05) is 26.2 Å². The van der Waals surface area contributed by atoms with Gasteiger partial charge in [0.2, 0.25) is 0 Å². The summed E-state index contributed by atoms with van der Waals surface area (Å²) in [6.07, 6.45) is 3.73. The Balaban J connectivity index is 1.68. The zero-order valence-corrected chi connectivity index (χ0v) is 10.1. The van der Waals surface area contributed by atoms with E-state index in [-0.39, 0.29) is 0 Å². The van der Waals surface area contributed by atoms with E-state index in [4.69, 9.17) is 10.00 Å². The molecule has 0 saturated carbocycles. The summed E-state index contributed by atoms with van der Waals surface area (Å²) < 4.78 is 5.63. The minimum absolute atomic E-state index is 0.655. The number of rotatable bonds is 5. The van der Waals surface area contributed by atoms with Crippen molar-refractivity contribution in [1.82, 2.24) is 4.90 Å². The van der Waals surface area contributed by atoms with Gasteiger partial charge in [0.05, 0.1) is 18.2 Å². The number of nitrogens with zero attached hydrogens (tertiary/aromatic N) is 2. The van der Waals surface area contributed by atoms with Crippen LogP contribution in [0.2, 0.25) is 0 Å². The average Bonchev–Trinajstić information content (AvgIpc) is 2.88. The number of hydrogen-bond donors (Lipinski definition) is 0. The lowest BCUT2D eigenvalue weighted by molar-refractivity contribution is 0.263. The van der Waals surface area contributed by atoms with Gasteiger partial charge in [0.25, 0.3) is 0 Å². The monoisotopic (exact) mass is 230 g/mol. The first-order valence-corrected chi connectivity index (χ1v) is 6.24. The molecule has 3 heteroatoms. The summed E-state index contributed by atoms with van der Waals surface area (Å²) in [6.45, 7) is 4.33. The van der Waals surface area contributed by atoms with Crippen LogP contribution < -0.4 is 4.74 Å². The molecule has 1 aromatic rings. The molecule has 1 aromatic carbocycles. The van der Waals surface area contributed by atoms with Crippen molar-refractivity contribution in [1.29, 1.82) is 5.26 Å². The van der Waals surface area contributed by atoms with Gasteiger partial charge < -0.3 is 9.64 Å². The zero-order chi connectivity index (χ0) is 11.9. The van der Waals surface area contributed by atoms with Gasteiger partial charge in [-0.25, -0.2) is 0 Å². The highest BCUT2D eigenvalue weighted by molar-refractivity contribution is 5.36. The van der Waals surface area contributed by atoms with E-state index in [1.165, 1.54) is 25.9 Å². The molecule has 90 valence electrons. The summed E-state index contributed by atoms with van der Waals surface area (Å²) in [4.78, 5) is 2.48. The van der Waals surface area contributed by atoms with Gasteiger partial charge >= 0.3 is 0 Å². The molecule has 0 radical (unpaired) electrons. The Morgan fingerprint density at radius 3 is 2.88 bits per heavy atom. The zero-order valence-electron chi connectivity index (χ0n) is 10.1. The van der Waals surface area contributed by atoms with Gasteiger partial charge in [-0.2, -0.15) is 5.26 Å². The molecule has 17 heavy (non-hydrogen) atoms. The Kier molecular flexibility index (Phi) is 4.40. The van der Waals surface area contributed by atoms with Crippen molar-refractivity contribution in [3.8, 4) is 11.8 Å². The van der Waals surface area contributed by atoms with Gasteiger partial charge in [-0.05, 0) is 50.6 Å². The molecule has 1 fully saturated rings. The van der Waals surface area contributed by atoms with E-state index in [9.17, 15) is 0 Å². The van der Waals surface area contributed by atoms with E-state index in [0.717, 1.165) is 25.3 Å². The summed E-state index contributed by atoms with van der Waals surface area (Å²) in [7, 11) is 0. The summed E-state index contributed by atoms with van der Waals surface area (Å²) in [5.74, 6) is 0.797. The molecular formula is C14H18N2O. The predicted molar refractivity (Wildman–Crippen MR) is 66.9 cm³/mol. The topological polar surface area (TPSA) is 36.3 Å². The van der Waals surface area contributed by atoms with Crippen LogP contribution in [-0.4, -0.2) is 31.1 Å². The second-order valence-electron chi connectivity index (χ2n) is 4.39. The Morgan fingerprint density at radius 1 is 1.29 bits per heavy atom. The van der Waals surface area contributed by atoms with Crippen molar-refractivity contribution in [2.24, 2.45) is 0 Å². The molecule has 0 aliphatic carbocycles. The van der Waals surface area contributed by atoms with E-state index in [1.807, 2.05) is 12.1 Å². The molecule has 0 atom stereocenters. The second kappa shape index (κ2) is 6.27. The third-order valence-electron chi connectivity index (χ3n) is 3.05. The summed E-state index contributed by atoms with van der Waals surface area (Å²) in [5.41, 5.74) is 0.655. The second-order valence-corrected chi connectivity index (χ2v) is 4.39. The number of hydrogen-bond acceptors (Lipinski definition) is 3. The highest BCUT2D eigenvalue weighted by Crippen LogP contribution is 2.13. The van der Waals surface area contributed by atoms with Crippen molar-refractivity contribution >= 4 is 0 Å². The maximum absolute atomic E-state index is 8.76. The van der Waals surface area contributed by atoms with Crippen LogP contribution in [0.1, 0.15) is 24.8 Å². The first kappa shape index (κ1) is 11.9. The maximum Gasteiger partial charge on any atom is 0.120 e. The molecule has 0 amide bonds. The number of nitriles is 1. The summed E-state index contributed by atoms with van der Waals surface area (Å²) in [6, 6.07) is 9.45. The Labute approximate surface area is 103 Å². The molecule has 1 heterocycles. The Hall–Kier alpha value is -1.53. The van der Waals surface area contributed by atoms with Gasteiger partial charge in [-0.3, -0.25) is 0 Å². The van der Waals surface area contributed by atoms with E-state index < -0.39 is 0 Å². The first-order valence-electron chi connectivity index (χ1n) is 6.24. The summed E-state index contributed by atoms with van der Waals surface area (Å²) >= 11 is 0. The van der Waals surface area contributed by atoms with Crippen LogP contribution in [0, 0.1) is 11.3 Å². The Bertz CT molecular complexity index is 391. The van der Waals surface area contributed by atoms with Crippen molar-refractivity contribution in [2.45, 2.75) is 19.3 Å². The molecule has 1 aliphatic rings. The molecule has 0 bridgehead atoms. The largest absolute Gasteiger partial charge is 0.494 e. The normalized spacial score (nSPS) is 15.7. The minimum Gasteiger partial charge on any atom is -0.494 e. The highest BCUT2D eigenvalue weighted by Gasteiger charge is 2.10. The fourth-order valence-corrected chi connectivity index (χ4v) is 2.14. The fourth-order valence-electron chi connectivity index (χ4n) is 2.14. The maximum atomic E-state index is 8.76. The van der Waals surface area contributed by atoms with E-state index in [1.54, 1.807) is 12.1 Å². The SMILES string of the molecule is N#Cc1cccc(OCCCN2CCCC2)c1. The fraction of sp³-hybridized carbons (Fsp3) is 0.500. The number of likely N-dealkylation sites (tertiary alicyclic amines) is 1. The molecule has 1 saturated heterocycles. The van der Waals surface area contributed by atoms with Crippen LogP contribution in [0.15, 0.2) is 24.3 Å². The lowest BCUT2D eigenvalue weighted by Crippen LogP contribution is -2.21. The molecule has 2 rings (SSSR count). The standard InChI is InChI=1S/C14H18N2O/c15-12-13-5-3-6-14(11-13)17-10-4-9-16-7-1-2-8-16/h3,5-6,11H,1-2,4,7-10H2. The molecule has 0 N–H and O–H groups in total. The molecule has 1 aliphatic heterocycles. The highest BCUT2D eigenvalue weighted by atomic mass is 16.5. The lowest BCUT2D eigenvalue weighted by Gasteiger charge is -2.14. The third kappa shape index (κ3) is 3.76. The molecule has 0 spiro atoms. The smallest absolute Gasteiger partial charge is 0.120 e. The predicted octanol–water partition coefficient (Wildman–Crippen LogP) is 2.42. The lowest BCUT2D eigenvalue weighted by atomic mass is 10.2.